The minimum atomic E-state index is -0.343. The van der Waals surface area contributed by atoms with Crippen molar-refractivity contribution in [3.63, 3.8) is 0 Å². The molecule has 0 bridgehead atoms. The van der Waals surface area contributed by atoms with E-state index in [1.165, 1.54) is 36.7 Å². The standard InChI is InChI=1S/C13H12FN3O/c1-8-6-9(14)2-3-12(8)17-13(18)10-4-5-16-7-11(10)15/h2-7H,15H2,1H3,(H,17,18). The number of carbonyl (C=O) groups is 1. The summed E-state index contributed by atoms with van der Waals surface area (Å²) in [5.74, 6) is -0.682. The van der Waals surface area contributed by atoms with Crippen LogP contribution in [0.15, 0.2) is 36.7 Å². The quantitative estimate of drug-likeness (QED) is 0.853. The number of nitrogens with one attached hydrogen (secondary N) is 1. The molecule has 1 aromatic heterocycles. The summed E-state index contributed by atoms with van der Waals surface area (Å²) < 4.78 is 12.9. The van der Waals surface area contributed by atoms with Crippen LogP contribution < -0.4 is 11.1 Å². The van der Waals surface area contributed by atoms with Crippen molar-refractivity contribution in [1.82, 2.24) is 4.98 Å². The molecule has 1 aromatic carbocycles. The van der Waals surface area contributed by atoms with Gasteiger partial charge in [-0.1, -0.05) is 0 Å². The van der Waals surface area contributed by atoms with Crippen molar-refractivity contribution in [1.29, 1.82) is 0 Å². The molecule has 0 spiro atoms. The summed E-state index contributed by atoms with van der Waals surface area (Å²) in [5, 5.41) is 2.68. The zero-order valence-corrected chi connectivity index (χ0v) is 9.77. The van der Waals surface area contributed by atoms with E-state index in [1.807, 2.05) is 0 Å². The molecule has 18 heavy (non-hydrogen) atoms. The fourth-order valence-corrected chi connectivity index (χ4v) is 1.57. The van der Waals surface area contributed by atoms with Gasteiger partial charge in [-0.3, -0.25) is 9.78 Å². The summed E-state index contributed by atoms with van der Waals surface area (Å²) in [6.45, 7) is 1.72. The van der Waals surface area contributed by atoms with Crippen molar-refractivity contribution in [3.8, 4) is 0 Å². The Morgan fingerprint density at radius 3 is 2.83 bits per heavy atom. The topological polar surface area (TPSA) is 68.0 Å². The molecule has 0 unspecified atom stereocenters. The molecule has 0 aliphatic heterocycles. The third-order valence-corrected chi connectivity index (χ3v) is 2.53. The van der Waals surface area contributed by atoms with Gasteiger partial charge in [-0.15, -0.1) is 0 Å². The molecule has 2 rings (SSSR count). The van der Waals surface area contributed by atoms with Crippen LogP contribution in [0.25, 0.3) is 0 Å². The highest BCUT2D eigenvalue weighted by Crippen LogP contribution is 2.18. The molecule has 3 N–H and O–H groups in total. The van der Waals surface area contributed by atoms with Crippen LogP contribution in [0, 0.1) is 12.7 Å². The van der Waals surface area contributed by atoms with E-state index in [9.17, 15) is 9.18 Å². The van der Waals surface area contributed by atoms with Gasteiger partial charge in [-0.05, 0) is 36.8 Å². The van der Waals surface area contributed by atoms with Gasteiger partial charge in [0, 0.05) is 11.9 Å². The van der Waals surface area contributed by atoms with Gasteiger partial charge in [0.25, 0.3) is 5.91 Å². The summed E-state index contributed by atoms with van der Waals surface area (Å²) in [7, 11) is 0. The lowest BCUT2D eigenvalue weighted by atomic mass is 10.1. The predicted molar refractivity (Wildman–Crippen MR) is 67.7 cm³/mol. The summed E-state index contributed by atoms with van der Waals surface area (Å²) in [6.07, 6.45) is 2.90. The van der Waals surface area contributed by atoms with E-state index >= 15 is 0 Å². The largest absolute Gasteiger partial charge is 0.397 e. The normalized spacial score (nSPS) is 10.1. The lowest BCUT2D eigenvalue weighted by Gasteiger charge is -2.09. The minimum Gasteiger partial charge on any atom is -0.397 e. The number of nitrogens with zero attached hydrogens (tertiary/aromatic N) is 1. The highest BCUT2D eigenvalue weighted by Gasteiger charge is 2.10. The lowest BCUT2D eigenvalue weighted by molar-refractivity contribution is 0.102. The number of hydrogen-bond acceptors (Lipinski definition) is 3. The van der Waals surface area contributed by atoms with Crippen molar-refractivity contribution in [2.75, 3.05) is 11.1 Å². The smallest absolute Gasteiger partial charge is 0.257 e. The van der Waals surface area contributed by atoms with Gasteiger partial charge in [-0.25, -0.2) is 4.39 Å². The SMILES string of the molecule is Cc1cc(F)ccc1NC(=O)c1ccncc1N. The van der Waals surface area contributed by atoms with Crippen molar-refractivity contribution >= 4 is 17.3 Å². The maximum Gasteiger partial charge on any atom is 0.257 e. The van der Waals surface area contributed by atoms with Gasteiger partial charge in [0.15, 0.2) is 0 Å². The Labute approximate surface area is 104 Å². The zero-order valence-electron chi connectivity index (χ0n) is 9.77. The highest BCUT2D eigenvalue weighted by molar-refractivity contribution is 6.07. The van der Waals surface area contributed by atoms with E-state index < -0.39 is 0 Å². The number of aromatic nitrogens is 1. The van der Waals surface area contributed by atoms with Crippen molar-refractivity contribution in [3.05, 3.63) is 53.6 Å². The Hall–Kier alpha value is -2.43. The van der Waals surface area contributed by atoms with Crippen LogP contribution in [0.2, 0.25) is 0 Å². The fourth-order valence-electron chi connectivity index (χ4n) is 1.57. The molecule has 1 amide bonds. The number of halogens is 1. The first-order valence-corrected chi connectivity index (χ1v) is 5.35. The molecule has 5 heteroatoms. The number of hydrogen-bond donors (Lipinski definition) is 2. The Morgan fingerprint density at radius 2 is 2.17 bits per heavy atom. The number of rotatable bonds is 2. The molecule has 0 saturated carbocycles. The van der Waals surface area contributed by atoms with Crippen LogP contribution in [0.5, 0.6) is 0 Å². The highest BCUT2D eigenvalue weighted by atomic mass is 19.1. The second-order valence-corrected chi connectivity index (χ2v) is 3.88. The molecular formula is C13H12FN3O. The first kappa shape index (κ1) is 12.0. The van der Waals surface area contributed by atoms with Crippen LogP contribution in [-0.4, -0.2) is 10.9 Å². The van der Waals surface area contributed by atoms with Crippen LogP contribution in [-0.2, 0) is 0 Å². The monoisotopic (exact) mass is 245 g/mol. The van der Waals surface area contributed by atoms with Crippen molar-refractivity contribution in [2.24, 2.45) is 0 Å². The number of anilines is 2. The summed E-state index contributed by atoms with van der Waals surface area (Å²) in [5.41, 5.74) is 7.50. The third-order valence-electron chi connectivity index (χ3n) is 2.53. The second-order valence-electron chi connectivity index (χ2n) is 3.88. The lowest BCUT2D eigenvalue weighted by Crippen LogP contribution is -2.14. The third kappa shape index (κ3) is 2.45. The van der Waals surface area contributed by atoms with E-state index in [1.54, 1.807) is 6.92 Å². The Bertz CT molecular complexity index is 599. The molecule has 2 aromatic rings. The van der Waals surface area contributed by atoms with Crippen LogP contribution in [0.4, 0.5) is 15.8 Å². The molecule has 0 saturated heterocycles. The van der Waals surface area contributed by atoms with Gasteiger partial charge >= 0.3 is 0 Å². The number of nitrogens with two attached hydrogens (primary N) is 1. The number of benzene rings is 1. The molecule has 92 valence electrons. The molecule has 1 heterocycles. The van der Waals surface area contributed by atoms with Crippen molar-refractivity contribution in [2.45, 2.75) is 6.92 Å². The first-order valence-electron chi connectivity index (χ1n) is 5.35. The van der Waals surface area contributed by atoms with E-state index in [2.05, 4.69) is 10.3 Å². The predicted octanol–water partition coefficient (Wildman–Crippen LogP) is 2.36. The molecule has 0 radical (unpaired) electrons. The van der Waals surface area contributed by atoms with Crippen LogP contribution in [0.3, 0.4) is 0 Å². The van der Waals surface area contributed by atoms with Gasteiger partial charge in [0.05, 0.1) is 17.4 Å². The summed E-state index contributed by atoms with van der Waals surface area (Å²) in [6, 6.07) is 5.69. The number of amides is 1. The molecule has 0 aliphatic carbocycles. The van der Waals surface area contributed by atoms with E-state index in [4.69, 9.17) is 5.73 Å². The average molecular weight is 245 g/mol. The molecule has 0 aliphatic rings. The van der Waals surface area contributed by atoms with Crippen LogP contribution >= 0.6 is 0 Å². The fraction of sp³-hybridized carbons (Fsp3) is 0.0769. The number of pyridine rings is 1. The zero-order chi connectivity index (χ0) is 13.1. The Kier molecular flexibility index (Phi) is 3.23. The molecule has 0 fully saturated rings. The molecule has 0 atom stereocenters. The van der Waals surface area contributed by atoms with Gasteiger partial charge in [0.1, 0.15) is 5.82 Å². The minimum absolute atomic E-state index is 0.301. The summed E-state index contributed by atoms with van der Waals surface area (Å²) in [4.78, 5) is 15.8. The first-order chi connectivity index (χ1) is 8.58. The maximum atomic E-state index is 12.9. The summed E-state index contributed by atoms with van der Waals surface area (Å²) >= 11 is 0. The second kappa shape index (κ2) is 4.83. The average Bonchev–Trinajstić information content (AvgIpc) is 2.33. The van der Waals surface area contributed by atoms with E-state index in [0.29, 0.717) is 22.5 Å². The Morgan fingerprint density at radius 1 is 1.39 bits per heavy atom. The van der Waals surface area contributed by atoms with Crippen molar-refractivity contribution < 1.29 is 9.18 Å². The molecular weight excluding hydrogens is 233 g/mol. The number of nitrogen functional groups attached to an aromatic ring is 1. The molecule has 4 nitrogen and oxygen atoms in total. The Balaban J connectivity index is 2.24. The van der Waals surface area contributed by atoms with Gasteiger partial charge in [-0.2, -0.15) is 0 Å². The van der Waals surface area contributed by atoms with Gasteiger partial charge < -0.3 is 11.1 Å². The maximum absolute atomic E-state index is 12.9. The van der Waals surface area contributed by atoms with Crippen LogP contribution in [0.1, 0.15) is 15.9 Å². The van der Waals surface area contributed by atoms with E-state index in [0.717, 1.165) is 0 Å². The van der Waals surface area contributed by atoms with Gasteiger partial charge in [0.2, 0.25) is 0 Å². The number of aryl methyl sites for hydroxylation is 1. The number of carbonyl (C=O) groups excluding carboxylic acids is 1. The van der Waals surface area contributed by atoms with E-state index in [-0.39, 0.29) is 11.7 Å².